The van der Waals surface area contributed by atoms with Crippen molar-refractivity contribution in [3.05, 3.63) is 29.8 Å². The van der Waals surface area contributed by atoms with Crippen molar-refractivity contribution in [3.63, 3.8) is 0 Å². The third kappa shape index (κ3) is 3.64. The van der Waals surface area contributed by atoms with Gasteiger partial charge in [0.15, 0.2) is 0 Å². The third-order valence-corrected chi connectivity index (χ3v) is 4.66. The van der Waals surface area contributed by atoms with Crippen LogP contribution in [0.5, 0.6) is 0 Å². The van der Waals surface area contributed by atoms with E-state index in [1.165, 1.54) is 0 Å². The maximum Gasteiger partial charge on any atom is 0.308 e. The molecule has 2 N–H and O–H groups in total. The average Bonchev–Trinajstić information content (AvgIpc) is 3.04. The standard InChI is InChI=1S/C17H22N2O4/c20-16(18-15-3-1-2-14(15)17(21)22)12-4-6-13(7-5-12)19-8-10-23-11-9-19/h4-7,14-15H,1-3,8-11H2,(H,18,20)(H,21,22)/t14-,15+/m1/s1. The van der Waals surface area contributed by atoms with Gasteiger partial charge in [0.2, 0.25) is 0 Å². The summed E-state index contributed by atoms with van der Waals surface area (Å²) in [6.07, 6.45) is 2.21. The fourth-order valence-electron chi connectivity index (χ4n) is 3.33. The Labute approximate surface area is 135 Å². The maximum absolute atomic E-state index is 12.3. The van der Waals surface area contributed by atoms with Crippen LogP contribution in [-0.2, 0) is 9.53 Å². The summed E-state index contributed by atoms with van der Waals surface area (Å²) in [7, 11) is 0. The number of carboxylic acids is 1. The van der Waals surface area contributed by atoms with Gasteiger partial charge in [-0.3, -0.25) is 9.59 Å². The van der Waals surface area contributed by atoms with Crippen molar-refractivity contribution in [3.8, 4) is 0 Å². The van der Waals surface area contributed by atoms with E-state index in [2.05, 4.69) is 10.2 Å². The zero-order chi connectivity index (χ0) is 16.2. The van der Waals surface area contributed by atoms with E-state index in [4.69, 9.17) is 4.74 Å². The highest BCUT2D eigenvalue weighted by Crippen LogP contribution is 2.26. The largest absolute Gasteiger partial charge is 0.481 e. The van der Waals surface area contributed by atoms with Crippen LogP contribution in [0.15, 0.2) is 24.3 Å². The second-order valence-corrected chi connectivity index (χ2v) is 6.10. The number of nitrogens with one attached hydrogen (secondary N) is 1. The molecule has 2 fully saturated rings. The summed E-state index contributed by atoms with van der Waals surface area (Å²) >= 11 is 0. The molecule has 23 heavy (non-hydrogen) atoms. The van der Waals surface area contributed by atoms with Crippen LogP contribution in [0.3, 0.4) is 0 Å². The van der Waals surface area contributed by atoms with Crippen molar-refractivity contribution in [2.45, 2.75) is 25.3 Å². The molecule has 1 saturated heterocycles. The smallest absolute Gasteiger partial charge is 0.308 e. The van der Waals surface area contributed by atoms with Crippen molar-refractivity contribution in [1.82, 2.24) is 5.32 Å². The molecule has 2 aliphatic rings. The van der Waals surface area contributed by atoms with Crippen LogP contribution in [0.25, 0.3) is 0 Å². The number of carbonyl (C=O) groups is 2. The molecule has 6 heteroatoms. The Morgan fingerprint density at radius 3 is 2.48 bits per heavy atom. The highest BCUT2D eigenvalue weighted by molar-refractivity contribution is 5.95. The van der Waals surface area contributed by atoms with E-state index in [1.54, 1.807) is 12.1 Å². The molecule has 2 atom stereocenters. The van der Waals surface area contributed by atoms with Crippen LogP contribution in [0.4, 0.5) is 5.69 Å². The van der Waals surface area contributed by atoms with Gasteiger partial charge in [0, 0.05) is 30.4 Å². The van der Waals surface area contributed by atoms with E-state index >= 15 is 0 Å². The van der Waals surface area contributed by atoms with Gasteiger partial charge < -0.3 is 20.1 Å². The molecule has 124 valence electrons. The minimum Gasteiger partial charge on any atom is -0.481 e. The Morgan fingerprint density at radius 2 is 1.83 bits per heavy atom. The molecule has 1 aromatic rings. The maximum atomic E-state index is 12.3. The SMILES string of the molecule is O=C(N[C@H]1CCC[C@H]1C(=O)O)c1ccc(N2CCOCC2)cc1. The van der Waals surface area contributed by atoms with Crippen LogP contribution in [-0.4, -0.2) is 49.3 Å². The second kappa shape index (κ2) is 7.00. The molecule has 3 rings (SSSR count). The lowest BCUT2D eigenvalue weighted by atomic mass is 10.0. The number of rotatable bonds is 4. The molecule has 0 radical (unpaired) electrons. The highest BCUT2D eigenvalue weighted by atomic mass is 16.5. The Balaban J connectivity index is 1.62. The van der Waals surface area contributed by atoms with Crippen LogP contribution < -0.4 is 10.2 Å². The van der Waals surface area contributed by atoms with Gasteiger partial charge in [0.25, 0.3) is 5.91 Å². The van der Waals surface area contributed by atoms with E-state index in [0.29, 0.717) is 12.0 Å². The van der Waals surface area contributed by atoms with Gasteiger partial charge >= 0.3 is 5.97 Å². The number of morpholine rings is 1. The summed E-state index contributed by atoms with van der Waals surface area (Å²) in [6.45, 7) is 3.16. The summed E-state index contributed by atoms with van der Waals surface area (Å²) in [5, 5.41) is 12.1. The molecular formula is C17H22N2O4. The van der Waals surface area contributed by atoms with Gasteiger partial charge in [0.1, 0.15) is 0 Å². The van der Waals surface area contributed by atoms with E-state index < -0.39 is 11.9 Å². The minimum absolute atomic E-state index is 0.198. The minimum atomic E-state index is -0.824. The predicted octanol–water partition coefficient (Wildman–Crippen LogP) is 1.51. The van der Waals surface area contributed by atoms with E-state index in [1.807, 2.05) is 12.1 Å². The second-order valence-electron chi connectivity index (χ2n) is 6.10. The zero-order valence-electron chi connectivity index (χ0n) is 13.0. The summed E-state index contributed by atoms with van der Waals surface area (Å²) in [6, 6.07) is 7.20. The first-order valence-corrected chi connectivity index (χ1v) is 8.11. The topological polar surface area (TPSA) is 78.9 Å². The third-order valence-electron chi connectivity index (χ3n) is 4.66. The molecule has 1 heterocycles. The number of ether oxygens (including phenoxy) is 1. The monoisotopic (exact) mass is 318 g/mol. The fourth-order valence-corrected chi connectivity index (χ4v) is 3.33. The van der Waals surface area contributed by atoms with Crippen molar-refractivity contribution < 1.29 is 19.4 Å². The molecule has 0 unspecified atom stereocenters. The van der Waals surface area contributed by atoms with Crippen LogP contribution in [0, 0.1) is 5.92 Å². The van der Waals surface area contributed by atoms with Gasteiger partial charge in [-0.2, -0.15) is 0 Å². The molecule has 1 aromatic carbocycles. The number of carbonyl (C=O) groups excluding carboxylic acids is 1. The van der Waals surface area contributed by atoms with Crippen LogP contribution in [0.2, 0.25) is 0 Å². The quantitative estimate of drug-likeness (QED) is 0.880. The number of anilines is 1. The number of benzene rings is 1. The Kier molecular flexibility index (Phi) is 4.81. The zero-order valence-corrected chi connectivity index (χ0v) is 13.0. The van der Waals surface area contributed by atoms with Crippen molar-refractivity contribution in [2.75, 3.05) is 31.2 Å². The Morgan fingerprint density at radius 1 is 1.13 bits per heavy atom. The lowest BCUT2D eigenvalue weighted by Crippen LogP contribution is -2.40. The normalized spacial score (nSPS) is 24.4. The Hall–Kier alpha value is -2.08. The van der Waals surface area contributed by atoms with Gasteiger partial charge in [-0.15, -0.1) is 0 Å². The number of hydrogen-bond donors (Lipinski definition) is 2. The van der Waals surface area contributed by atoms with Crippen LogP contribution in [0.1, 0.15) is 29.6 Å². The van der Waals surface area contributed by atoms with Gasteiger partial charge in [-0.05, 0) is 37.1 Å². The molecule has 0 spiro atoms. The van der Waals surface area contributed by atoms with Crippen molar-refractivity contribution in [2.24, 2.45) is 5.92 Å². The average molecular weight is 318 g/mol. The molecule has 1 aliphatic heterocycles. The number of amides is 1. The van der Waals surface area contributed by atoms with E-state index in [0.717, 1.165) is 44.8 Å². The van der Waals surface area contributed by atoms with Gasteiger partial charge in [-0.25, -0.2) is 0 Å². The molecule has 6 nitrogen and oxygen atoms in total. The fraction of sp³-hybridized carbons (Fsp3) is 0.529. The lowest BCUT2D eigenvalue weighted by molar-refractivity contribution is -0.142. The molecule has 1 saturated carbocycles. The highest BCUT2D eigenvalue weighted by Gasteiger charge is 2.33. The number of hydrogen-bond acceptors (Lipinski definition) is 4. The summed E-state index contributed by atoms with van der Waals surface area (Å²) in [4.78, 5) is 25.7. The van der Waals surface area contributed by atoms with Gasteiger partial charge in [0.05, 0.1) is 19.1 Å². The van der Waals surface area contributed by atoms with Gasteiger partial charge in [-0.1, -0.05) is 6.42 Å². The predicted molar refractivity (Wildman–Crippen MR) is 85.7 cm³/mol. The first kappa shape index (κ1) is 15.8. The van der Waals surface area contributed by atoms with Crippen molar-refractivity contribution in [1.29, 1.82) is 0 Å². The summed E-state index contributed by atoms with van der Waals surface area (Å²) in [5.74, 6) is -1.49. The molecule has 1 aliphatic carbocycles. The molecule has 1 amide bonds. The van der Waals surface area contributed by atoms with Crippen LogP contribution >= 0.6 is 0 Å². The molecule has 0 aromatic heterocycles. The number of carboxylic acid groups (broad SMARTS) is 1. The molecular weight excluding hydrogens is 296 g/mol. The summed E-state index contributed by atoms with van der Waals surface area (Å²) in [5.41, 5.74) is 1.65. The van der Waals surface area contributed by atoms with Crippen molar-refractivity contribution >= 4 is 17.6 Å². The first-order chi connectivity index (χ1) is 11.1. The number of nitrogens with zero attached hydrogens (tertiary/aromatic N) is 1. The van der Waals surface area contributed by atoms with E-state index in [9.17, 15) is 14.7 Å². The van der Waals surface area contributed by atoms with E-state index in [-0.39, 0.29) is 11.9 Å². The number of aliphatic carboxylic acids is 1. The summed E-state index contributed by atoms with van der Waals surface area (Å²) < 4.78 is 5.33. The lowest BCUT2D eigenvalue weighted by Gasteiger charge is -2.28. The molecule has 0 bridgehead atoms. The Bertz CT molecular complexity index is 566. The first-order valence-electron chi connectivity index (χ1n) is 8.11.